The molecule has 4 heterocycles. The van der Waals surface area contributed by atoms with Gasteiger partial charge in [0.25, 0.3) is 0 Å². The Labute approximate surface area is 256 Å². The Bertz CT molecular complexity index is 1530. The van der Waals surface area contributed by atoms with Crippen LogP contribution in [0.4, 0.5) is 27.6 Å². The molecule has 44 heavy (non-hydrogen) atoms. The zero-order chi connectivity index (χ0) is 31.6. The minimum atomic E-state index is -4.90. The second-order valence-corrected chi connectivity index (χ2v) is 13.0. The molecule has 4 aliphatic rings. The van der Waals surface area contributed by atoms with E-state index in [1.807, 2.05) is 18.7 Å². The maximum atomic E-state index is 15.3. The van der Waals surface area contributed by atoms with E-state index in [2.05, 4.69) is 11.6 Å². The number of aliphatic hydroxyl groups is 1. The van der Waals surface area contributed by atoms with Gasteiger partial charge in [-0.15, -0.1) is 11.8 Å². The number of halogens is 5. The number of aliphatic imine (C=N–C) groups is 1. The number of hydrogen-bond donors (Lipinski definition) is 1. The summed E-state index contributed by atoms with van der Waals surface area (Å²) in [6.45, 7) is 9.02. The quantitative estimate of drug-likeness (QED) is 0.347. The summed E-state index contributed by atoms with van der Waals surface area (Å²) in [5.41, 5.74) is -1.72. The molecule has 1 spiro atoms. The molecule has 4 aliphatic heterocycles. The number of thioether (sulfide) groups is 1. The number of benzene rings is 2. The van der Waals surface area contributed by atoms with Crippen molar-refractivity contribution in [1.82, 2.24) is 9.80 Å². The van der Waals surface area contributed by atoms with Gasteiger partial charge in [0.15, 0.2) is 0 Å². The Kier molecular flexibility index (Phi) is 7.94. The van der Waals surface area contributed by atoms with Crippen LogP contribution in [-0.4, -0.2) is 83.7 Å². The number of carbonyl (C=O) groups is 1. The number of rotatable bonds is 2. The Morgan fingerprint density at radius 2 is 1.84 bits per heavy atom. The lowest BCUT2D eigenvalue weighted by molar-refractivity contribution is -0.137. The maximum Gasteiger partial charge on any atom is 0.417 e. The van der Waals surface area contributed by atoms with Gasteiger partial charge in [-0.25, -0.2) is 13.8 Å². The number of anilines is 1. The lowest BCUT2D eigenvalue weighted by Crippen LogP contribution is -2.60. The number of aliphatic hydroxyl groups excluding tert-OH is 1. The van der Waals surface area contributed by atoms with Gasteiger partial charge >= 0.3 is 6.18 Å². The first-order valence-corrected chi connectivity index (χ1v) is 15.5. The summed E-state index contributed by atoms with van der Waals surface area (Å²) in [4.78, 5) is 22.3. The molecule has 13 heteroatoms. The van der Waals surface area contributed by atoms with E-state index in [1.54, 1.807) is 9.80 Å². The van der Waals surface area contributed by atoms with E-state index in [0.717, 1.165) is 18.2 Å². The van der Waals surface area contributed by atoms with E-state index in [4.69, 9.17) is 4.74 Å². The number of ether oxygens (including phenoxy) is 1. The van der Waals surface area contributed by atoms with Crippen molar-refractivity contribution in [2.24, 2.45) is 10.4 Å². The van der Waals surface area contributed by atoms with Crippen molar-refractivity contribution in [3.8, 4) is 11.1 Å². The fraction of sp³-hybridized carbons (Fsp3) is 0.484. The smallest absolute Gasteiger partial charge is 0.381 e. The average molecular weight is 637 g/mol. The normalized spacial score (nSPS) is 25.0. The van der Waals surface area contributed by atoms with Crippen LogP contribution in [0.15, 0.2) is 46.8 Å². The number of carbonyl (C=O) groups excluding carboxylic acids is 1. The largest absolute Gasteiger partial charge is 0.417 e. The molecule has 2 aromatic rings. The first kappa shape index (κ1) is 30.8. The van der Waals surface area contributed by atoms with Crippen LogP contribution >= 0.6 is 11.8 Å². The molecule has 2 saturated heterocycles. The standard InChI is InChI=1S/C31H33F5N4O3S/c1-4-24(41)38-13-18(3)39(14-17(38)2)28-21-12-22(31(34,35)36)25(20-6-5-19(32)11-23(20)33)27-26(21)40(29(42)37-28)15-30(16-44-27)7-9-43-10-8-30/h4-6,11-12,17-18,29,42H,1,7-10,13-16H2,2-3H3/t17-,18+,29?/m1/s1. The molecule has 0 aliphatic carbocycles. The number of piperazine rings is 1. The minimum absolute atomic E-state index is 0.163. The van der Waals surface area contributed by atoms with Gasteiger partial charge in [-0.1, -0.05) is 6.58 Å². The molecule has 6 rings (SSSR count). The van der Waals surface area contributed by atoms with Crippen molar-refractivity contribution in [1.29, 1.82) is 0 Å². The minimum Gasteiger partial charge on any atom is -0.381 e. The molecule has 1 amide bonds. The van der Waals surface area contributed by atoms with Crippen molar-refractivity contribution in [2.75, 3.05) is 43.5 Å². The maximum absolute atomic E-state index is 15.3. The Morgan fingerprint density at radius 1 is 1.11 bits per heavy atom. The fourth-order valence-electron chi connectivity index (χ4n) is 6.77. The number of hydrogen-bond acceptors (Lipinski definition) is 7. The predicted molar refractivity (Wildman–Crippen MR) is 157 cm³/mol. The highest BCUT2D eigenvalue weighted by Crippen LogP contribution is 2.54. The zero-order valence-corrected chi connectivity index (χ0v) is 25.1. The lowest BCUT2D eigenvalue weighted by Gasteiger charge is -2.48. The molecule has 0 aromatic heterocycles. The van der Waals surface area contributed by atoms with Crippen LogP contribution < -0.4 is 4.90 Å². The molecule has 2 aromatic carbocycles. The molecule has 7 nitrogen and oxygen atoms in total. The third-order valence-electron chi connectivity index (χ3n) is 9.10. The Hall–Kier alpha value is -3.16. The topological polar surface area (TPSA) is 68.6 Å². The summed E-state index contributed by atoms with van der Waals surface area (Å²) in [5, 5.41) is 11.6. The van der Waals surface area contributed by atoms with Gasteiger partial charge in [0.05, 0.1) is 11.3 Å². The highest BCUT2D eigenvalue weighted by atomic mass is 32.2. The first-order chi connectivity index (χ1) is 20.8. The van der Waals surface area contributed by atoms with E-state index >= 15 is 4.39 Å². The van der Waals surface area contributed by atoms with Crippen LogP contribution in [0.25, 0.3) is 11.1 Å². The summed E-state index contributed by atoms with van der Waals surface area (Å²) in [7, 11) is 0. The second kappa shape index (κ2) is 11.3. The van der Waals surface area contributed by atoms with Crippen LogP contribution in [0, 0.1) is 17.0 Å². The molecule has 236 valence electrons. The molecular weight excluding hydrogens is 603 g/mol. The molecule has 2 fully saturated rings. The van der Waals surface area contributed by atoms with Crippen molar-refractivity contribution in [3.05, 3.63) is 59.7 Å². The first-order valence-electron chi connectivity index (χ1n) is 14.5. The van der Waals surface area contributed by atoms with Gasteiger partial charge in [0.1, 0.15) is 17.5 Å². The second-order valence-electron chi connectivity index (χ2n) is 12.0. The van der Waals surface area contributed by atoms with Crippen molar-refractivity contribution >= 4 is 29.2 Å². The van der Waals surface area contributed by atoms with Crippen molar-refractivity contribution in [3.63, 3.8) is 0 Å². The summed E-state index contributed by atoms with van der Waals surface area (Å²) in [6.07, 6.45) is -3.84. The van der Waals surface area contributed by atoms with Crippen LogP contribution in [0.1, 0.15) is 37.8 Å². The Balaban J connectivity index is 1.58. The van der Waals surface area contributed by atoms with Crippen molar-refractivity contribution in [2.45, 2.75) is 56.2 Å². The Morgan fingerprint density at radius 3 is 2.50 bits per heavy atom. The number of alkyl halides is 3. The monoisotopic (exact) mass is 636 g/mol. The fourth-order valence-corrected chi connectivity index (χ4v) is 8.32. The average Bonchev–Trinajstić information content (AvgIpc) is 3.13. The van der Waals surface area contributed by atoms with Gasteiger partial charge in [0.2, 0.25) is 12.3 Å². The third kappa shape index (κ3) is 5.26. The van der Waals surface area contributed by atoms with E-state index in [-0.39, 0.29) is 58.5 Å². The van der Waals surface area contributed by atoms with Gasteiger partial charge in [0, 0.05) is 83.8 Å². The molecule has 0 saturated carbocycles. The molecule has 3 atom stereocenters. The van der Waals surface area contributed by atoms with E-state index in [0.29, 0.717) is 50.1 Å². The van der Waals surface area contributed by atoms with Gasteiger partial charge in [-0.05, 0) is 51.0 Å². The lowest BCUT2D eigenvalue weighted by atomic mass is 9.81. The van der Waals surface area contributed by atoms with Crippen molar-refractivity contribution < 1.29 is 36.6 Å². The summed E-state index contributed by atoms with van der Waals surface area (Å²) in [5.74, 6) is -1.68. The van der Waals surface area contributed by atoms with Crippen LogP contribution in [0.5, 0.6) is 0 Å². The van der Waals surface area contributed by atoms with Crippen LogP contribution in [-0.2, 0) is 15.7 Å². The number of amides is 1. The summed E-state index contributed by atoms with van der Waals surface area (Å²) >= 11 is 1.20. The highest BCUT2D eigenvalue weighted by Gasteiger charge is 2.47. The summed E-state index contributed by atoms with van der Waals surface area (Å²) < 4.78 is 79.7. The predicted octanol–water partition coefficient (Wildman–Crippen LogP) is 5.50. The highest BCUT2D eigenvalue weighted by molar-refractivity contribution is 7.99. The van der Waals surface area contributed by atoms with E-state index in [1.165, 1.54) is 17.8 Å². The number of nitrogens with zero attached hydrogens (tertiary/aromatic N) is 4. The van der Waals surface area contributed by atoms with Crippen LogP contribution in [0.2, 0.25) is 0 Å². The summed E-state index contributed by atoms with van der Waals surface area (Å²) in [6, 6.07) is 2.87. The third-order valence-corrected chi connectivity index (χ3v) is 10.5. The molecular formula is C31H33F5N4O3S. The molecule has 0 bridgehead atoms. The number of amidine groups is 1. The molecule has 1 unspecified atom stereocenters. The van der Waals surface area contributed by atoms with Gasteiger partial charge in [-0.3, -0.25) is 4.79 Å². The van der Waals surface area contributed by atoms with Crippen LogP contribution in [0.3, 0.4) is 0 Å². The van der Waals surface area contributed by atoms with Gasteiger partial charge in [-0.2, -0.15) is 13.2 Å². The van der Waals surface area contributed by atoms with E-state index < -0.39 is 35.1 Å². The zero-order valence-electron chi connectivity index (χ0n) is 24.3. The SMILES string of the molecule is C=CC(=O)N1C[C@H](C)N(C2=NC(O)N3CC4(CCOCC4)CSc4c(-c5ccc(F)cc5F)c(C(F)(F)F)cc2c43)C[C@H]1C. The molecule has 1 N–H and O–H groups in total. The van der Waals surface area contributed by atoms with E-state index in [9.17, 15) is 27.5 Å². The van der Waals surface area contributed by atoms with Gasteiger partial charge < -0.3 is 24.5 Å². The molecule has 0 radical (unpaired) electrons.